The first-order chi connectivity index (χ1) is 13.5. The van der Waals surface area contributed by atoms with Crippen molar-refractivity contribution < 1.29 is 12.8 Å². The van der Waals surface area contributed by atoms with Gasteiger partial charge >= 0.3 is 0 Å². The average molecular weight is 402 g/mol. The molecule has 0 bridgehead atoms. The Morgan fingerprint density at radius 1 is 1.14 bits per heavy atom. The van der Waals surface area contributed by atoms with Crippen molar-refractivity contribution in [3.63, 3.8) is 0 Å². The van der Waals surface area contributed by atoms with Crippen molar-refractivity contribution in [3.05, 3.63) is 54.6 Å². The molecular weight excluding hydrogens is 377 g/mol. The third kappa shape index (κ3) is 2.99. The number of halogens is 1. The first kappa shape index (κ1) is 19.0. The number of hydrogen-bond donors (Lipinski definition) is 2. The van der Waals surface area contributed by atoms with Gasteiger partial charge in [-0.25, -0.2) is 12.8 Å². The number of alkyl halides is 1. The van der Waals surface area contributed by atoms with Crippen LogP contribution in [-0.2, 0) is 9.84 Å². The molecule has 2 aromatic rings. The number of anilines is 2. The van der Waals surface area contributed by atoms with E-state index in [4.69, 9.17) is 0 Å². The Labute approximate surface area is 164 Å². The fraction of sp³-hybridized carbons (Fsp3) is 0.333. The van der Waals surface area contributed by atoms with E-state index >= 15 is 4.39 Å². The molecule has 0 radical (unpaired) electrons. The van der Waals surface area contributed by atoms with Crippen molar-refractivity contribution in [2.45, 2.75) is 16.3 Å². The maximum Gasteiger partial charge on any atom is 0.237 e. The molecule has 148 valence electrons. The summed E-state index contributed by atoms with van der Waals surface area (Å²) >= 11 is 0. The SMILES string of the molecule is CNc1cc(N2CCNCC2)c2ccccc2c1S(=O)(=O)C1(F)C=CC=CC1. The van der Waals surface area contributed by atoms with Gasteiger partial charge in [-0.3, -0.25) is 0 Å². The molecule has 0 amide bonds. The molecule has 2 N–H and O–H groups in total. The molecule has 2 aliphatic rings. The van der Waals surface area contributed by atoms with E-state index in [-0.39, 0.29) is 11.3 Å². The van der Waals surface area contributed by atoms with Crippen LogP contribution in [0, 0.1) is 0 Å². The van der Waals surface area contributed by atoms with E-state index in [0.717, 1.165) is 43.3 Å². The minimum Gasteiger partial charge on any atom is -0.387 e. The largest absolute Gasteiger partial charge is 0.387 e. The van der Waals surface area contributed by atoms with Crippen LogP contribution in [0.5, 0.6) is 0 Å². The number of nitrogens with zero attached hydrogens (tertiary/aromatic N) is 1. The van der Waals surface area contributed by atoms with Crippen molar-refractivity contribution in [1.82, 2.24) is 5.32 Å². The van der Waals surface area contributed by atoms with Crippen LogP contribution in [0.25, 0.3) is 10.8 Å². The van der Waals surface area contributed by atoms with Crippen LogP contribution in [0.4, 0.5) is 15.8 Å². The van der Waals surface area contributed by atoms with Crippen molar-refractivity contribution >= 4 is 32.0 Å². The van der Waals surface area contributed by atoms with Crippen LogP contribution in [0.2, 0.25) is 0 Å². The summed E-state index contributed by atoms with van der Waals surface area (Å²) in [5.41, 5.74) is 1.39. The second-order valence-electron chi connectivity index (χ2n) is 7.09. The molecule has 1 unspecified atom stereocenters. The smallest absolute Gasteiger partial charge is 0.237 e. The molecule has 28 heavy (non-hydrogen) atoms. The topological polar surface area (TPSA) is 61.4 Å². The lowest BCUT2D eigenvalue weighted by molar-refractivity contribution is 0.331. The Morgan fingerprint density at radius 2 is 1.86 bits per heavy atom. The Morgan fingerprint density at radius 3 is 2.50 bits per heavy atom. The molecule has 1 atom stereocenters. The molecule has 5 nitrogen and oxygen atoms in total. The Balaban J connectivity index is 1.97. The van der Waals surface area contributed by atoms with Gasteiger partial charge in [0.2, 0.25) is 14.8 Å². The molecule has 2 aromatic carbocycles. The van der Waals surface area contributed by atoms with Crippen molar-refractivity contribution in [3.8, 4) is 0 Å². The van der Waals surface area contributed by atoms with Gasteiger partial charge in [0.25, 0.3) is 0 Å². The van der Waals surface area contributed by atoms with Crippen LogP contribution in [-0.4, -0.2) is 46.6 Å². The summed E-state index contributed by atoms with van der Waals surface area (Å²) in [5, 5.41) is 5.24. The number of allylic oxidation sites excluding steroid dienone is 3. The third-order valence-electron chi connectivity index (χ3n) is 5.40. The molecule has 0 saturated carbocycles. The first-order valence-corrected chi connectivity index (χ1v) is 10.9. The number of rotatable bonds is 4. The predicted octanol–water partition coefficient (Wildman–Crippen LogP) is 3.25. The highest BCUT2D eigenvalue weighted by Gasteiger charge is 2.45. The summed E-state index contributed by atoms with van der Waals surface area (Å²) in [6, 6.07) is 9.20. The lowest BCUT2D eigenvalue weighted by Crippen LogP contribution is -2.43. The van der Waals surface area contributed by atoms with E-state index in [1.165, 1.54) is 6.08 Å². The fourth-order valence-electron chi connectivity index (χ4n) is 3.92. The summed E-state index contributed by atoms with van der Waals surface area (Å²) in [4.78, 5) is 2.26. The van der Waals surface area contributed by atoms with E-state index in [9.17, 15) is 8.42 Å². The van der Waals surface area contributed by atoms with Gasteiger partial charge in [-0.05, 0) is 12.1 Å². The van der Waals surface area contributed by atoms with Gasteiger partial charge < -0.3 is 15.5 Å². The highest BCUT2D eigenvalue weighted by Crippen LogP contribution is 2.44. The molecular formula is C21H24FN3O2S. The molecule has 4 rings (SSSR count). The molecule has 1 aliphatic heterocycles. The van der Waals surface area contributed by atoms with Gasteiger partial charge in [0.1, 0.15) is 4.90 Å². The summed E-state index contributed by atoms with van der Waals surface area (Å²) in [6.45, 7) is 3.40. The Kier molecular flexibility index (Phi) is 4.89. The second kappa shape index (κ2) is 7.22. The minimum absolute atomic E-state index is 0.0203. The highest BCUT2D eigenvalue weighted by molar-refractivity contribution is 7.93. The lowest BCUT2D eigenvalue weighted by Gasteiger charge is -2.32. The average Bonchev–Trinajstić information content (AvgIpc) is 2.73. The molecule has 7 heteroatoms. The monoisotopic (exact) mass is 401 g/mol. The van der Waals surface area contributed by atoms with E-state index in [1.807, 2.05) is 18.2 Å². The standard InChI is InChI=1S/C21H24FN3O2S/c1-23-18-15-19(25-13-11-24-12-14-25)16-7-3-4-8-17(16)20(18)28(26,27)21(22)9-5-2-6-10-21/h2-9,15,23-24H,10-14H2,1H3. The summed E-state index contributed by atoms with van der Waals surface area (Å²) in [7, 11) is -2.60. The third-order valence-corrected chi connectivity index (χ3v) is 7.58. The van der Waals surface area contributed by atoms with Gasteiger partial charge in [-0.15, -0.1) is 0 Å². The van der Waals surface area contributed by atoms with Crippen molar-refractivity contribution in [2.75, 3.05) is 43.4 Å². The van der Waals surface area contributed by atoms with Crippen LogP contribution < -0.4 is 15.5 Å². The van der Waals surface area contributed by atoms with Gasteiger partial charge in [-0.1, -0.05) is 42.5 Å². The van der Waals surface area contributed by atoms with Gasteiger partial charge in [0.05, 0.1) is 5.69 Å². The van der Waals surface area contributed by atoms with E-state index in [1.54, 1.807) is 31.3 Å². The zero-order valence-corrected chi connectivity index (χ0v) is 16.6. The zero-order chi connectivity index (χ0) is 19.8. The lowest BCUT2D eigenvalue weighted by atomic mass is 10.1. The van der Waals surface area contributed by atoms with E-state index < -0.39 is 14.8 Å². The number of nitrogens with one attached hydrogen (secondary N) is 2. The van der Waals surface area contributed by atoms with Crippen LogP contribution in [0.1, 0.15) is 6.42 Å². The fourth-order valence-corrected chi connectivity index (χ4v) is 5.75. The highest BCUT2D eigenvalue weighted by atomic mass is 32.2. The number of fused-ring (bicyclic) bond motifs is 1. The van der Waals surface area contributed by atoms with Crippen LogP contribution in [0.15, 0.2) is 59.5 Å². The predicted molar refractivity (Wildman–Crippen MR) is 112 cm³/mol. The van der Waals surface area contributed by atoms with Crippen LogP contribution in [0.3, 0.4) is 0 Å². The molecule has 1 saturated heterocycles. The zero-order valence-electron chi connectivity index (χ0n) is 15.8. The minimum atomic E-state index is -4.28. The molecule has 1 heterocycles. The Hall–Kier alpha value is -2.38. The van der Waals surface area contributed by atoms with Gasteiger partial charge in [0.15, 0.2) is 0 Å². The molecule has 0 aromatic heterocycles. The number of hydrogen-bond acceptors (Lipinski definition) is 5. The maximum absolute atomic E-state index is 15.6. The Bertz CT molecular complexity index is 1060. The van der Waals surface area contributed by atoms with Crippen LogP contribution >= 0.6 is 0 Å². The number of sulfone groups is 1. The molecule has 1 aliphatic carbocycles. The van der Waals surface area contributed by atoms with Gasteiger partial charge in [0, 0.05) is 56.1 Å². The first-order valence-electron chi connectivity index (χ1n) is 9.45. The summed E-state index contributed by atoms with van der Waals surface area (Å²) in [6.07, 6.45) is 5.62. The maximum atomic E-state index is 15.6. The normalized spacial score (nSPS) is 22.6. The number of benzene rings is 2. The van der Waals surface area contributed by atoms with E-state index in [0.29, 0.717) is 11.1 Å². The molecule has 1 fully saturated rings. The molecule has 0 spiro atoms. The second-order valence-corrected chi connectivity index (χ2v) is 9.18. The van der Waals surface area contributed by atoms with Crippen molar-refractivity contribution in [1.29, 1.82) is 0 Å². The van der Waals surface area contributed by atoms with Gasteiger partial charge in [-0.2, -0.15) is 0 Å². The number of piperazine rings is 1. The van der Waals surface area contributed by atoms with Crippen molar-refractivity contribution in [2.24, 2.45) is 0 Å². The summed E-state index contributed by atoms with van der Waals surface area (Å²) < 4.78 is 42.5. The quantitative estimate of drug-likeness (QED) is 0.824. The summed E-state index contributed by atoms with van der Waals surface area (Å²) in [5.74, 6) is 0. The van der Waals surface area contributed by atoms with E-state index in [2.05, 4.69) is 15.5 Å².